The summed E-state index contributed by atoms with van der Waals surface area (Å²) in [5.41, 5.74) is -1.38. The number of carbonyl (C=O) groups is 3. The number of piperazine rings is 1. The molecule has 6 aliphatic heterocycles. The number of ether oxygens (including phenoxy) is 1. The van der Waals surface area contributed by atoms with Gasteiger partial charge in [0.1, 0.15) is 23.1 Å². The minimum atomic E-state index is -0.897. The lowest BCUT2D eigenvalue weighted by atomic mass is 9.57. The number of likely N-dealkylation sites (N-methyl/N-ethyl adjacent to an activating group) is 1. The zero-order valence-electron chi connectivity index (χ0n) is 21.9. The Morgan fingerprint density at radius 2 is 1.83 bits per heavy atom. The second kappa shape index (κ2) is 6.16. The fraction of sp³-hybridized carbons (Fsp3) is 0.679. The Kier molecular flexibility index (Phi) is 3.89. The van der Waals surface area contributed by atoms with Gasteiger partial charge in [-0.2, -0.15) is 0 Å². The first-order valence-corrected chi connectivity index (χ1v) is 13.2. The van der Waals surface area contributed by atoms with Gasteiger partial charge in [-0.3, -0.25) is 19.3 Å². The summed E-state index contributed by atoms with van der Waals surface area (Å²) in [4.78, 5) is 45.2. The van der Waals surface area contributed by atoms with Crippen molar-refractivity contribution in [3.05, 3.63) is 23.3 Å². The average Bonchev–Trinajstić information content (AvgIpc) is 3.29. The van der Waals surface area contributed by atoms with Crippen LogP contribution in [0.25, 0.3) is 0 Å². The summed E-state index contributed by atoms with van der Waals surface area (Å²) in [7, 11) is 1.89. The molecular weight excluding hydrogens is 458 g/mol. The number of Topliss-reactive ketones (excluding diaryl/α,β-unsaturated/α-hetero) is 1. The molecule has 1 aromatic carbocycles. The number of amides is 2. The monoisotopic (exact) mass is 493 g/mol. The predicted octanol–water partition coefficient (Wildman–Crippen LogP) is 2.68. The first kappa shape index (κ1) is 22.7. The maximum absolute atomic E-state index is 14.1. The lowest BCUT2D eigenvalue weighted by molar-refractivity contribution is -0.199. The zero-order chi connectivity index (χ0) is 25.8. The number of rotatable bonds is 0. The van der Waals surface area contributed by atoms with Gasteiger partial charge in [-0.1, -0.05) is 26.8 Å². The Hall–Kier alpha value is -2.45. The molecule has 2 bridgehead atoms. The summed E-state index contributed by atoms with van der Waals surface area (Å²) in [6, 6.07) is 3.81. The lowest BCUT2D eigenvalue weighted by Gasteiger charge is -2.64. The number of benzene rings is 1. The molecule has 3 spiro atoms. The van der Waals surface area contributed by atoms with E-state index in [1.807, 2.05) is 49.8 Å². The summed E-state index contributed by atoms with van der Waals surface area (Å²) in [6.45, 7) is 10.7. The second-order valence-electron chi connectivity index (χ2n) is 13.6. The Morgan fingerprint density at radius 3 is 2.56 bits per heavy atom. The largest absolute Gasteiger partial charge is 0.487 e. The fourth-order valence-corrected chi connectivity index (χ4v) is 9.45. The maximum atomic E-state index is 14.1. The minimum absolute atomic E-state index is 0.0192. The van der Waals surface area contributed by atoms with E-state index in [-0.39, 0.29) is 35.9 Å². The lowest BCUT2D eigenvalue weighted by Crippen LogP contribution is -2.79. The summed E-state index contributed by atoms with van der Waals surface area (Å²) in [5.74, 6) is 0.547. The molecule has 0 radical (unpaired) electrons. The standard InChI is InChI=1S/C28H35N3O5/c1-14-9-26-11-18-25(4,5)28(12-27(18,30(6)23(26)35)13-31(26)21(14)33)15-7-8-17-19(20(15)29-22(28)34)16(32)10-24(2,3)36-17/h7-8,14,18,21,33H,9-13H2,1-6H3,(H,29,34)/t14-,18+,21-,26-,27+,28-/m1/s1. The van der Waals surface area contributed by atoms with Gasteiger partial charge < -0.3 is 20.1 Å². The van der Waals surface area contributed by atoms with Crippen molar-refractivity contribution in [1.82, 2.24) is 9.80 Å². The van der Waals surface area contributed by atoms with Crippen LogP contribution in [0.1, 0.15) is 76.2 Å². The topological polar surface area (TPSA) is 99.2 Å². The van der Waals surface area contributed by atoms with Crippen LogP contribution in [0.4, 0.5) is 5.69 Å². The van der Waals surface area contributed by atoms with Crippen molar-refractivity contribution in [2.24, 2.45) is 17.3 Å². The van der Waals surface area contributed by atoms with Crippen LogP contribution in [-0.4, -0.2) is 69.0 Å². The number of fused-ring (bicyclic) bond motifs is 5. The van der Waals surface area contributed by atoms with Gasteiger partial charge in [0.05, 0.1) is 28.6 Å². The van der Waals surface area contributed by atoms with Crippen LogP contribution in [0.5, 0.6) is 5.75 Å². The van der Waals surface area contributed by atoms with Gasteiger partial charge in [0.25, 0.3) is 0 Å². The number of carbonyl (C=O) groups excluding carboxylic acids is 3. The van der Waals surface area contributed by atoms with Gasteiger partial charge in [0, 0.05) is 13.6 Å². The first-order valence-electron chi connectivity index (χ1n) is 13.2. The smallest absolute Gasteiger partial charge is 0.243 e. The number of hydrogen-bond acceptors (Lipinski definition) is 6. The van der Waals surface area contributed by atoms with Gasteiger partial charge >= 0.3 is 0 Å². The normalized spacial score (nSPS) is 43.2. The van der Waals surface area contributed by atoms with E-state index in [9.17, 15) is 19.5 Å². The predicted molar refractivity (Wildman–Crippen MR) is 132 cm³/mol. The Labute approximate surface area is 211 Å². The molecule has 192 valence electrons. The van der Waals surface area contributed by atoms with Gasteiger partial charge in [0.15, 0.2) is 5.78 Å². The van der Waals surface area contributed by atoms with Crippen molar-refractivity contribution in [3.63, 3.8) is 0 Å². The molecule has 1 saturated carbocycles. The molecule has 8 heteroatoms. The molecule has 1 aromatic rings. The van der Waals surface area contributed by atoms with Gasteiger partial charge in [-0.15, -0.1) is 0 Å². The Morgan fingerprint density at radius 1 is 1.11 bits per heavy atom. The fourth-order valence-electron chi connectivity index (χ4n) is 9.45. The highest BCUT2D eigenvalue weighted by Gasteiger charge is 2.80. The number of ketones is 1. The molecule has 36 heavy (non-hydrogen) atoms. The van der Waals surface area contributed by atoms with E-state index >= 15 is 0 Å². The highest BCUT2D eigenvalue weighted by molar-refractivity contribution is 6.15. The molecule has 0 aromatic heterocycles. The van der Waals surface area contributed by atoms with E-state index in [1.54, 1.807) is 0 Å². The molecule has 4 saturated heterocycles. The number of nitrogens with zero attached hydrogens (tertiary/aromatic N) is 2. The molecule has 8 rings (SSSR count). The molecule has 7 aliphatic rings. The molecule has 6 heterocycles. The molecule has 2 amide bonds. The zero-order valence-corrected chi connectivity index (χ0v) is 21.9. The summed E-state index contributed by atoms with van der Waals surface area (Å²) in [6.07, 6.45) is 1.32. The molecule has 0 unspecified atom stereocenters. The van der Waals surface area contributed by atoms with E-state index in [1.165, 1.54) is 0 Å². The highest BCUT2D eigenvalue weighted by atomic mass is 16.5. The van der Waals surface area contributed by atoms with Crippen molar-refractivity contribution in [2.75, 3.05) is 18.9 Å². The molecule has 5 fully saturated rings. The quantitative estimate of drug-likeness (QED) is 0.577. The van der Waals surface area contributed by atoms with Crippen LogP contribution in [0.15, 0.2) is 12.1 Å². The van der Waals surface area contributed by atoms with E-state index in [0.717, 1.165) is 5.56 Å². The molecule has 8 nitrogen and oxygen atoms in total. The third-order valence-corrected chi connectivity index (χ3v) is 11.1. The van der Waals surface area contributed by atoms with Crippen LogP contribution < -0.4 is 10.1 Å². The van der Waals surface area contributed by atoms with Crippen LogP contribution in [0, 0.1) is 17.3 Å². The van der Waals surface area contributed by atoms with Crippen LogP contribution in [0.2, 0.25) is 0 Å². The average molecular weight is 494 g/mol. The SMILES string of the molecule is C[C@@H]1C[C@]23C[C@H]4C(C)(C)[C@@]5(C[C@@]4(CN2[C@@H]1O)N(C)C3=O)C(=O)Nc1c5ccc2c1C(=O)CC(C)(C)O2. The van der Waals surface area contributed by atoms with Crippen LogP contribution in [-0.2, 0) is 15.0 Å². The number of anilines is 1. The van der Waals surface area contributed by atoms with Crippen molar-refractivity contribution in [2.45, 2.75) is 88.6 Å². The number of nitrogens with one attached hydrogen (secondary N) is 1. The third kappa shape index (κ3) is 2.17. The van der Waals surface area contributed by atoms with Crippen molar-refractivity contribution in [1.29, 1.82) is 0 Å². The minimum Gasteiger partial charge on any atom is -0.487 e. The van der Waals surface area contributed by atoms with Gasteiger partial charge in [-0.05, 0) is 62.0 Å². The Bertz CT molecular complexity index is 1290. The maximum Gasteiger partial charge on any atom is 0.243 e. The molecule has 6 atom stereocenters. The number of hydrogen-bond donors (Lipinski definition) is 2. The second-order valence-corrected chi connectivity index (χ2v) is 13.6. The summed E-state index contributed by atoms with van der Waals surface area (Å²) < 4.78 is 6.14. The molecular formula is C28H35N3O5. The summed E-state index contributed by atoms with van der Waals surface area (Å²) in [5, 5.41) is 14.2. The van der Waals surface area contributed by atoms with E-state index in [0.29, 0.717) is 42.8 Å². The molecule has 2 N–H and O–H groups in total. The number of aliphatic hydroxyl groups is 1. The van der Waals surface area contributed by atoms with Gasteiger partial charge in [0.2, 0.25) is 11.8 Å². The number of piperidine rings is 2. The highest BCUT2D eigenvalue weighted by Crippen LogP contribution is 2.72. The third-order valence-electron chi connectivity index (χ3n) is 11.1. The van der Waals surface area contributed by atoms with Crippen molar-refractivity contribution >= 4 is 23.3 Å². The Balaban J connectivity index is 1.42. The number of aliphatic hydroxyl groups excluding tert-OH is 1. The molecule has 1 aliphatic carbocycles. The van der Waals surface area contributed by atoms with Crippen molar-refractivity contribution in [3.8, 4) is 5.75 Å². The van der Waals surface area contributed by atoms with Gasteiger partial charge in [-0.25, -0.2) is 0 Å². The summed E-state index contributed by atoms with van der Waals surface area (Å²) >= 11 is 0. The van der Waals surface area contributed by atoms with Crippen LogP contribution in [0.3, 0.4) is 0 Å². The van der Waals surface area contributed by atoms with E-state index in [4.69, 9.17) is 4.74 Å². The van der Waals surface area contributed by atoms with Crippen molar-refractivity contribution < 1.29 is 24.2 Å². The van der Waals surface area contributed by atoms with E-state index < -0.39 is 33.7 Å². The van der Waals surface area contributed by atoms with E-state index in [2.05, 4.69) is 19.2 Å². The van der Waals surface area contributed by atoms with Crippen LogP contribution >= 0.6 is 0 Å². The first-order chi connectivity index (χ1) is 16.7.